The van der Waals surface area contributed by atoms with Gasteiger partial charge in [-0.3, -0.25) is 4.79 Å². The molecule has 0 saturated carbocycles. The molecular weight excluding hydrogens is 372 g/mol. The number of fused-ring (bicyclic) bond motifs is 1. The number of halogens is 4. The number of ether oxygens (including phenoxy) is 1. The fourth-order valence-electron chi connectivity index (χ4n) is 2.35. The monoisotopic (exact) mass is 381 g/mol. The van der Waals surface area contributed by atoms with Crippen LogP contribution in [-0.4, -0.2) is 46.7 Å². The molecule has 118 valence electrons. The van der Waals surface area contributed by atoms with Gasteiger partial charge in [0.2, 0.25) is 5.91 Å². The summed E-state index contributed by atoms with van der Waals surface area (Å²) in [7, 11) is 0. The topological polar surface area (TPSA) is 47.4 Å². The molecule has 0 spiro atoms. The Hall–Kier alpha value is -0.720. The maximum absolute atomic E-state index is 12.3. The lowest BCUT2D eigenvalue weighted by molar-refractivity contribution is -0.135. The third-order valence-electron chi connectivity index (χ3n) is 3.50. The van der Waals surface area contributed by atoms with Crippen molar-refractivity contribution < 1.29 is 9.53 Å². The summed E-state index contributed by atoms with van der Waals surface area (Å²) < 4.78 is 6.86. The van der Waals surface area contributed by atoms with E-state index in [1.165, 1.54) is 6.33 Å². The molecule has 0 radical (unpaired) electrons. The first-order valence-corrected chi connectivity index (χ1v) is 8.04. The van der Waals surface area contributed by atoms with Crippen molar-refractivity contribution in [2.24, 2.45) is 0 Å². The van der Waals surface area contributed by atoms with Gasteiger partial charge in [-0.25, -0.2) is 4.98 Å². The van der Waals surface area contributed by atoms with Crippen molar-refractivity contribution in [3.05, 3.63) is 26.4 Å². The maximum Gasteiger partial charge on any atom is 0.242 e. The SMILES string of the molecule is O=C(Cn1cnc2c(Cl)c(Cl)c(Cl)c(Cl)c21)N1CCOCC1. The number of morpholine rings is 1. The third kappa shape index (κ3) is 2.76. The second kappa shape index (κ2) is 6.42. The molecule has 0 bridgehead atoms. The van der Waals surface area contributed by atoms with Gasteiger partial charge in [0.1, 0.15) is 12.1 Å². The number of hydrogen-bond donors (Lipinski definition) is 0. The number of rotatable bonds is 2. The minimum Gasteiger partial charge on any atom is -0.378 e. The number of imidazole rings is 1. The molecule has 2 aromatic rings. The van der Waals surface area contributed by atoms with Crippen molar-refractivity contribution in [3.8, 4) is 0 Å². The molecule has 1 aromatic heterocycles. The fraction of sp³-hybridized carbons (Fsp3) is 0.385. The Kier molecular flexibility index (Phi) is 4.71. The number of hydrogen-bond acceptors (Lipinski definition) is 3. The van der Waals surface area contributed by atoms with Gasteiger partial charge in [-0.2, -0.15) is 0 Å². The molecule has 1 aromatic carbocycles. The van der Waals surface area contributed by atoms with E-state index < -0.39 is 0 Å². The molecule has 0 unspecified atom stereocenters. The zero-order valence-corrected chi connectivity index (χ0v) is 14.3. The minimum atomic E-state index is -0.0409. The predicted octanol–water partition coefficient (Wildman–Crippen LogP) is 3.51. The van der Waals surface area contributed by atoms with E-state index in [4.69, 9.17) is 51.1 Å². The smallest absolute Gasteiger partial charge is 0.242 e. The molecule has 1 aliphatic heterocycles. The van der Waals surface area contributed by atoms with E-state index in [9.17, 15) is 4.79 Å². The molecule has 9 heteroatoms. The number of aromatic nitrogens is 2. The summed E-state index contributed by atoms with van der Waals surface area (Å²) in [5, 5.41) is 0.772. The summed E-state index contributed by atoms with van der Waals surface area (Å²) >= 11 is 24.5. The molecule has 1 saturated heterocycles. The maximum atomic E-state index is 12.3. The van der Waals surface area contributed by atoms with Gasteiger partial charge in [0.25, 0.3) is 0 Å². The standard InChI is InChI=1S/C13H11Cl4N3O2/c14-8-9(15)11(17)13-12(10(8)16)18-6-20(13)5-7(21)19-1-3-22-4-2-19/h6H,1-5H2. The van der Waals surface area contributed by atoms with Gasteiger partial charge in [-0.1, -0.05) is 46.4 Å². The number of nitrogens with zero attached hydrogens (tertiary/aromatic N) is 3. The molecule has 0 aliphatic carbocycles. The molecular formula is C13H11Cl4N3O2. The minimum absolute atomic E-state index is 0.0409. The van der Waals surface area contributed by atoms with Crippen LogP contribution in [-0.2, 0) is 16.1 Å². The molecule has 1 amide bonds. The molecule has 5 nitrogen and oxygen atoms in total. The van der Waals surface area contributed by atoms with Gasteiger partial charge < -0.3 is 14.2 Å². The average molecular weight is 383 g/mol. The van der Waals surface area contributed by atoms with Crippen LogP contribution in [0.5, 0.6) is 0 Å². The quantitative estimate of drug-likeness (QED) is 0.589. The highest BCUT2D eigenvalue weighted by molar-refractivity contribution is 6.55. The Morgan fingerprint density at radius 2 is 1.73 bits per heavy atom. The van der Waals surface area contributed by atoms with Gasteiger partial charge in [-0.15, -0.1) is 0 Å². The molecule has 3 rings (SSSR count). The number of carbonyl (C=O) groups excluding carboxylic acids is 1. The molecule has 0 N–H and O–H groups in total. The Balaban J connectivity index is 1.96. The summed E-state index contributed by atoms with van der Waals surface area (Å²) in [6.07, 6.45) is 1.51. The average Bonchev–Trinajstić information content (AvgIpc) is 2.95. The van der Waals surface area contributed by atoms with Crippen LogP contribution < -0.4 is 0 Å². The van der Waals surface area contributed by atoms with E-state index in [0.29, 0.717) is 37.3 Å². The van der Waals surface area contributed by atoms with Crippen LogP contribution in [0.1, 0.15) is 0 Å². The van der Waals surface area contributed by atoms with Crippen LogP contribution >= 0.6 is 46.4 Å². The number of carbonyl (C=O) groups is 1. The van der Waals surface area contributed by atoms with E-state index in [2.05, 4.69) is 4.98 Å². The largest absolute Gasteiger partial charge is 0.378 e. The Labute approximate surface area is 146 Å². The molecule has 2 heterocycles. The highest BCUT2D eigenvalue weighted by Crippen LogP contribution is 2.42. The Morgan fingerprint density at radius 1 is 1.09 bits per heavy atom. The van der Waals surface area contributed by atoms with Crippen molar-refractivity contribution in [3.63, 3.8) is 0 Å². The van der Waals surface area contributed by atoms with Gasteiger partial charge in [0, 0.05) is 13.1 Å². The normalized spacial score (nSPS) is 15.5. The summed E-state index contributed by atoms with van der Waals surface area (Å²) in [5.41, 5.74) is 0.929. The first kappa shape index (κ1) is 16.1. The van der Waals surface area contributed by atoms with Crippen molar-refractivity contribution >= 4 is 63.3 Å². The van der Waals surface area contributed by atoms with Gasteiger partial charge in [0.05, 0.1) is 45.1 Å². The highest BCUT2D eigenvalue weighted by atomic mass is 35.5. The predicted molar refractivity (Wildman–Crippen MR) is 87.2 cm³/mol. The van der Waals surface area contributed by atoms with E-state index in [1.807, 2.05) is 0 Å². The van der Waals surface area contributed by atoms with Crippen molar-refractivity contribution in [1.29, 1.82) is 0 Å². The zero-order valence-electron chi connectivity index (χ0n) is 11.3. The number of benzene rings is 1. The second-order valence-corrected chi connectivity index (χ2v) is 6.33. The van der Waals surface area contributed by atoms with Crippen LogP contribution in [0.4, 0.5) is 0 Å². The lowest BCUT2D eigenvalue weighted by atomic mass is 10.3. The lowest BCUT2D eigenvalue weighted by Gasteiger charge is -2.27. The Morgan fingerprint density at radius 3 is 2.41 bits per heavy atom. The van der Waals surface area contributed by atoms with Crippen LogP contribution in [0.2, 0.25) is 20.1 Å². The lowest BCUT2D eigenvalue weighted by Crippen LogP contribution is -2.42. The van der Waals surface area contributed by atoms with E-state index >= 15 is 0 Å². The van der Waals surface area contributed by atoms with Gasteiger partial charge in [-0.05, 0) is 0 Å². The van der Waals surface area contributed by atoms with E-state index in [1.54, 1.807) is 9.47 Å². The number of amides is 1. The fourth-order valence-corrected chi connectivity index (χ4v) is 3.34. The van der Waals surface area contributed by atoms with Gasteiger partial charge >= 0.3 is 0 Å². The second-order valence-electron chi connectivity index (χ2n) is 4.82. The van der Waals surface area contributed by atoms with E-state index in [-0.39, 0.29) is 32.5 Å². The summed E-state index contributed by atoms with van der Waals surface area (Å²) in [5.74, 6) is -0.0409. The first-order valence-electron chi connectivity index (χ1n) is 6.53. The molecule has 22 heavy (non-hydrogen) atoms. The van der Waals surface area contributed by atoms with Crippen molar-refractivity contribution in [1.82, 2.24) is 14.5 Å². The van der Waals surface area contributed by atoms with Crippen LogP contribution in [0.15, 0.2) is 6.33 Å². The van der Waals surface area contributed by atoms with E-state index in [0.717, 1.165) is 0 Å². The van der Waals surface area contributed by atoms with Gasteiger partial charge in [0.15, 0.2) is 0 Å². The van der Waals surface area contributed by atoms with Crippen LogP contribution in [0.3, 0.4) is 0 Å². The zero-order chi connectivity index (χ0) is 15.9. The molecule has 1 aliphatic rings. The summed E-state index contributed by atoms with van der Waals surface area (Å²) in [6.45, 7) is 2.35. The third-order valence-corrected chi connectivity index (χ3v) is 5.28. The first-order chi connectivity index (χ1) is 10.5. The molecule has 1 fully saturated rings. The Bertz CT molecular complexity index is 741. The summed E-state index contributed by atoms with van der Waals surface area (Å²) in [6, 6.07) is 0. The van der Waals surface area contributed by atoms with Crippen molar-refractivity contribution in [2.75, 3.05) is 26.3 Å². The highest BCUT2D eigenvalue weighted by Gasteiger charge is 2.22. The van der Waals surface area contributed by atoms with Crippen LogP contribution in [0.25, 0.3) is 11.0 Å². The molecule has 0 atom stereocenters. The van der Waals surface area contributed by atoms with Crippen molar-refractivity contribution in [2.45, 2.75) is 6.54 Å². The van der Waals surface area contributed by atoms with Crippen LogP contribution in [0, 0.1) is 0 Å². The summed E-state index contributed by atoms with van der Waals surface area (Å²) in [4.78, 5) is 18.3.